The van der Waals surface area contributed by atoms with Crippen LogP contribution in [0, 0.1) is 5.92 Å². The molecule has 0 radical (unpaired) electrons. The summed E-state index contributed by atoms with van der Waals surface area (Å²) in [5.41, 5.74) is 0.876. The first-order chi connectivity index (χ1) is 14.0. The van der Waals surface area contributed by atoms with Crippen molar-refractivity contribution in [1.29, 1.82) is 0 Å². The number of pyridine rings is 1. The van der Waals surface area contributed by atoms with Crippen LogP contribution < -0.4 is 0 Å². The first-order valence-electron chi connectivity index (χ1n) is 10.2. The van der Waals surface area contributed by atoms with Crippen molar-refractivity contribution in [2.75, 3.05) is 13.1 Å². The van der Waals surface area contributed by atoms with Crippen molar-refractivity contribution in [1.82, 2.24) is 19.5 Å². The Morgan fingerprint density at radius 3 is 2.52 bits per heavy atom. The molecule has 2 aliphatic rings. The van der Waals surface area contributed by atoms with E-state index in [2.05, 4.69) is 27.2 Å². The molecule has 0 amide bonds. The van der Waals surface area contributed by atoms with E-state index in [1.807, 2.05) is 18.2 Å². The fourth-order valence-electron chi connectivity index (χ4n) is 4.44. The topological polar surface area (TPSA) is 33.4 Å². The molecule has 2 aromatic heterocycles. The van der Waals surface area contributed by atoms with E-state index in [4.69, 9.17) is 0 Å². The van der Waals surface area contributed by atoms with Gasteiger partial charge in [-0.05, 0) is 54.8 Å². The highest BCUT2D eigenvalue weighted by atomic mass is 19.4. The molecule has 1 saturated heterocycles. The largest absolute Gasteiger partial charge is 0.420 e. The number of nitrogens with zero attached hydrogens (tertiary/aromatic N) is 4. The van der Waals surface area contributed by atoms with Crippen molar-refractivity contribution >= 4 is 5.65 Å². The van der Waals surface area contributed by atoms with Crippen LogP contribution in [-0.4, -0.2) is 32.6 Å². The molecule has 4 nitrogen and oxygen atoms in total. The molecule has 1 unspecified atom stereocenters. The zero-order valence-electron chi connectivity index (χ0n) is 16.1. The highest BCUT2D eigenvalue weighted by molar-refractivity contribution is 5.55. The minimum atomic E-state index is -4.45. The van der Waals surface area contributed by atoms with Crippen molar-refractivity contribution in [3.05, 3.63) is 65.1 Å². The SMILES string of the molecule is FC(F)(F)c1c(C2CCN(Cc3ccccc3)C2)ccn2c(CC3CC3)nnc12. The Morgan fingerprint density at radius 2 is 1.79 bits per heavy atom. The maximum atomic E-state index is 14.1. The highest BCUT2D eigenvalue weighted by Gasteiger charge is 2.40. The fraction of sp³-hybridized carbons (Fsp3) is 0.455. The molecule has 7 heteroatoms. The number of aromatic nitrogens is 3. The van der Waals surface area contributed by atoms with Gasteiger partial charge < -0.3 is 0 Å². The van der Waals surface area contributed by atoms with E-state index < -0.39 is 11.7 Å². The van der Waals surface area contributed by atoms with E-state index in [-0.39, 0.29) is 11.6 Å². The molecule has 1 atom stereocenters. The molecular weight excluding hydrogens is 377 g/mol. The predicted molar refractivity (Wildman–Crippen MR) is 103 cm³/mol. The second kappa shape index (κ2) is 7.13. The van der Waals surface area contributed by atoms with Gasteiger partial charge in [-0.25, -0.2) is 0 Å². The Kier molecular flexibility index (Phi) is 4.57. The van der Waals surface area contributed by atoms with Crippen LogP contribution in [-0.2, 0) is 19.1 Å². The molecule has 5 rings (SSSR count). The summed E-state index contributed by atoms with van der Waals surface area (Å²) in [6.45, 7) is 2.18. The molecule has 0 N–H and O–H groups in total. The van der Waals surface area contributed by atoms with Crippen molar-refractivity contribution in [2.24, 2.45) is 5.92 Å². The van der Waals surface area contributed by atoms with E-state index in [0.29, 0.717) is 30.3 Å². The molecule has 29 heavy (non-hydrogen) atoms. The van der Waals surface area contributed by atoms with Gasteiger partial charge >= 0.3 is 6.18 Å². The van der Waals surface area contributed by atoms with E-state index in [0.717, 1.165) is 32.4 Å². The Hall–Kier alpha value is -2.41. The Morgan fingerprint density at radius 1 is 1.00 bits per heavy atom. The maximum absolute atomic E-state index is 14.1. The molecular formula is C22H23F3N4. The number of hydrogen-bond donors (Lipinski definition) is 0. The van der Waals surface area contributed by atoms with Crippen LogP contribution >= 0.6 is 0 Å². The summed E-state index contributed by atoms with van der Waals surface area (Å²) in [6, 6.07) is 11.7. The molecule has 1 aromatic carbocycles. The quantitative estimate of drug-likeness (QED) is 0.623. The maximum Gasteiger partial charge on any atom is 0.420 e. The highest BCUT2D eigenvalue weighted by Crippen LogP contribution is 2.41. The Balaban J connectivity index is 1.45. The molecule has 0 spiro atoms. The average molecular weight is 400 g/mol. The van der Waals surface area contributed by atoms with Gasteiger partial charge in [0.1, 0.15) is 11.4 Å². The lowest BCUT2D eigenvalue weighted by Gasteiger charge is -2.20. The molecule has 0 bridgehead atoms. The fourth-order valence-corrected chi connectivity index (χ4v) is 4.44. The van der Waals surface area contributed by atoms with Crippen LogP contribution in [0.3, 0.4) is 0 Å². The number of benzene rings is 1. The lowest BCUT2D eigenvalue weighted by atomic mass is 9.94. The summed E-state index contributed by atoms with van der Waals surface area (Å²) >= 11 is 0. The molecule has 3 aromatic rings. The zero-order chi connectivity index (χ0) is 20.0. The van der Waals surface area contributed by atoms with Gasteiger partial charge in [0.2, 0.25) is 0 Å². The van der Waals surface area contributed by atoms with E-state index in [1.165, 1.54) is 5.56 Å². The van der Waals surface area contributed by atoms with Crippen LogP contribution in [0.25, 0.3) is 5.65 Å². The van der Waals surface area contributed by atoms with Crippen LogP contribution in [0.15, 0.2) is 42.6 Å². The van der Waals surface area contributed by atoms with Gasteiger partial charge in [-0.15, -0.1) is 10.2 Å². The third-order valence-corrected chi connectivity index (χ3v) is 6.09. The van der Waals surface area contributed by atoms with Crippen LogP contribution in [0.5, 0.6) is 0 Å². The molecule has 1 aliphatic carbocycles. The van der Waals surface area contributed by atoms with Gasteiger partial charge in [-0.1, -0.05) is 30.3 Å². The van der Waals surface area contributed by atoms with Gasteiger partial charge in [0, 0.05) is 25.7 Å². The van der Waals surface area contributed by atoms with Gasteiger partial charge in [0.15, 0.2) is 5.65 Å². The normalized spacial score (nSPS) is 20.6. The summed E-state index contributed by atoms with van der Waals surface area (Å²) in [5.74, 6) is 1.03. The summed E-state index contributed by atoms with van der Waals surface area (Å²) in [5, 5.41) is 8.05. The van der Waals surface area contributed by atoms with Crippen LogP contribution in [0.2, 0.25) is 0 Å². The molecule has 1 aliphatic heterocycles. The van der Waals surface area contributed by atoms with Crippen molar-refractivity contribution < 1.29 is 13.2 Å². The van der Waals surface area contributed by atoms with Crippen molar-refractivity contribution in [3.8, 4) is 0 Å². The monoisotopic (exact) mass is 400 g/mol. The molecule has 1 saturated carbocycles. The molecule has 3 heterocycles. The summed E-state index contributed by atoms with van der Waals surface area (Å²) in [7, 11) is 0. The minimum absolute atomic E-state index is 0.0489. The zero-order valence-corrected chi connectivity index (χ0v) is 16.1. The van der Waals surface area contributed by atoms with Gasteiger partial charge in [-0.3, -0.25) is 9.30 Å². The van der Waals surface area contributed by atoms with Crippen molar-refractivity contribution in [3.63, 3.8) is 0 Å². The van der Waals surface area contributed by atoms with Gasteiger partial charge in [-0.2, -0.15) is 13.2 Å². The Labute approximate surface area is 167 Å². The Bertz CT molecular complexity index is 1010. The molecule has 2 fully saturated rings. The standard InChI is InChI=1S/C22H23F3N4/c23-22(24,25)20-18(9-11-29-19(12-15-6-7-15)26-27-21(20)29)17-8-10-28(14-17)13-16-4-2-1-3-5-16/h1-5,9,11,15,17H,6-8,10,12-14H2. The third kappa shape index (κ3) is 3.75. The van der Waals surface area contributed by atoms with Crippen molar-refractivity contribution in [2.45, 2.75) is 44.3 Å². The number of hydrogen-bond acceptors (Lipinski definition) is 3. The second-order valence-electron chi connectivity index (χ2n) is 8.31. The number of fused-ring (bicyclic) bond motifs is 1. The number of likely N-dealkylation sites (tertiary alicyclic amines) is 1. The van der Waals surface area contributed by atoms with E-state index in [9.17, 15) is 13.2 Å². The lowest BCUT2D eigenvalue weighted by Crippen LogP contribution is -2.21. The first-order valence-corrected chi connectivity index (χ1v) is 10.2. The molecule has 152 valence electrons. The van der Waals surface area contributed by atoms with Crippen LogP contribution in [0.4, 0.5) is 13.2 Å². The third-order valence-electron chi connectivity index (χ3n) is 6.09. The number of halogens is 3. The van der Waals surface area contributed by atoms with E-state index >= 15 is 0 Å². The number of rotatable bonds is 5. The van der Waals surface area contributed by atoms with Gasteiger partial charge in [0.25, 0.3) is 0 Å². The summed E-state index contributed by atoms with van der Waals surface area (Å²) in [4.78, 5) is 2.23. The summed E-state index contributed by atoms with van der Waals surface area (Å²) in [6.07, 6.45) is 0.949. The second-order valence-corrected chi connectivity index (χ2v) is 8.31. The van der Waals surface area contributed by atoms with Gasteiger partial charge in [0.05, 0.1) is 0 Å². The predicted octanol–water partition coefficient (Wildman–Crippen LogP) is 4.69. The summed E-state index contributed by atoms with van der Waals surface area (Å²) < 4.78 is 43.7. The smallest absolute Gasteiger partial charge is 0.298 e. The lowest BCUT2D eigenvalue weighted by molar-refractivity contribution is -0.137. The van der Waals surface area contributed by atoms with Crippen LogP contribution in [0.1, 0.15) is 47.7 Å². The minimum Gasteiger partial charge on any atom is -0.298 e. The first kappa shape index (κ1) is 18.6. The van der Waals surface area contributed by atoms with E-state index in [1.54, 1.807) is 16.7 Å². The average Bonchev–Trinajstić information content (AvgIpc) is 3.24. The number of alkyl halides is 3.